The van der Waals surface area contributed by atoms with Crippen LogP contribution in [-0.4, -0.2) is 83.2 Å². The van der Waals surface area contributed by atoms with Gasteiger partial charge in [-0.1, -0.05) is 0 Å². The van der Waals surface area contributed by atoms with Gasteiger partial charge in [0, 0.05) is 19.4 Å². The maximum absolute atomic E-state index is 11.8. The summed E-state index contributed by atoms with van der Waals surface area (Å²) in [7, 11) is 0. The first-order valence-electron chi connectivity index (χ1n) is 11.1. The smallest absolute Gasteiger partial charge is 0.407 e. The van der Waals surface area contributed by atoms with E-state index in [-0.39, 0.29) is 19.1 Å². The summed E-state index contributed by atoms with van der Waals surface area (Å²) >= 11 is 0. The Morgan fingerprint density at radius 1 is 0.806 bits per heavy atom. The number of carboxylic acid groups (broad SMARTS) is 1. The van der Waals surface area contributed by atoms with Gasteiger partial charge in [0.1, 0.15) is 0 Å². The van der Waals surface area contributed by atoms with Crippen molar-refractivity contribution in [2.24, 2.45) is 17.8 Å². The molecule has 2 aliphatic carbocycles. The van der Waals surface area contributed by atoms with Gasteiger partial charge in [0.05, 0.1) is 65.9 Å². The zero-order valence-corrected chi connectivity index (χ0v) is 18.1. The molecule has 0 aliphatic heterocycles. The van der Waals surface area contributed by atoms with E-state index in [4.69, 9.17) is 28.8 Å². The summed E-state index contributed by atoms with van der Waals surface area (Å²) in [6, 6.07) is 0. The molecule has 1 amide bonds. The fraction of sp³-hybridized carbons (Fsp3) is 0.818. The summed E-state index contributed by atoms with van der Waals surface area (Å²) in [6.07, 6.45) is 3.78. The molecule has 9 heteroatoms. The maximum atomic E-state index is 11.8. The van der Waals surface area contributed by atoms with E-state index >= 15 is 0 Å². The third-order valence-electron chi connectivity index (χ3n) is 5.34. The van der Waals surface area contributed by atoms with Crippen LogP contribution in [0.15, 0.2) is 0 Å². The van der Waals surface area contributed by atoms with Gasteiger partial charge in [-0.2, -0.15) is 0 Å². The molecule has 0 bridgehead atoms. The van der Waals surface area contributed by atoms with Gasteiger partial charge in [-0.05, 0) is 30.6 Å². The van der Waals surface area contributed by atoms with E-state index in [1.165, 1.54) is 0 Å². The largest absolute Gasteiger partial charge is 0.481 e. The quantitative estimate of drug-likeness (QED) is 0.259. The Labute approximate surface area is 184 Å². The second-order valence-electron chi connectivity index (χ2n) is 7.54. The molecular formula is C22H35NO8. The number of ether oxygens (including phenoxy) is 5. The van der Waals surface area contributed by atoms with Crippen LogP contribution in [0.5, 0.6) is 0 Å². The molecule has 1 saturated carbocycles. The van der Waals surface area contributed by atoms with E-state index in [1.54, 1.807) is 0 Å². The summed E-state index contributed by atoms with van der Waals surface area (Å²) in [5, 5.41) is 11.2. The van der Waals surface area contributed by atoms with Crippen molar-refractivity contribution in [1.82, 2.24) is 5.32 Å². The van der Waals surface area contributed by atoms with Crippen molar-refractivity contribution >= 4 is 12.1 Å². The van der Waals surface area contributed by atoms with Gasteiger partial charge in [0.15, 0.2) is 0 Å². The minimum atomic E-state index is -0.875. The lowest BCUT2D eigenvalue weighted by atomic mass is 10.1. The molecule has 2 rings (SSSR count). The normalized spacial score (nSPS) is 21.7. The number of hydrogen-bond donors (Lipinski definition) is 2. The van der Waals surface area contributed by atoms with Crippen LogP contribution in [0.1, 0.15) is 32.1 Å². The maximum Gasteiger partial charge on any atom is 0.407 e. The molecule has 0 heterocycles. The van der Waals surface area contributed by atoms with Crippen molar-refractivity contribution < 1.29 is 38.4 Å². The lowest BCUT2D eigenvalue weighted by Crippen LogP contribution is -2.29. The number of rotatable bonds is 17. The van der Waals surface area contributed by atoms with Crippen LogP contribution in [0, 0.1) is 29.6 Å². The van der Waals surface area contributed by atoms with E-state index in [1.807, 2.05) is 0 Å². The molecule has 0 saturated heterocycles. The van der Waals surface area contributed by atoms with E-state index in [0.29, 0.717) is 77.2 Å². The number of hydrogen-bond acceptors (Lipinski definition) is 7. The van der Waals surface area contributed by atoms with E-state index in [0.717, 1.165) is 25.7 Å². The number of carbonyl (C=O) groups is 2. The number of amides is 1. The molecule has 0 aromatic heterocycles. The molecule has 1 fully saturated rings. The monoisotopic (exact) mass is 441 g/mol. The minimum absolute atomic E-state index is 0.00267. The van der Waals surface area contributed by atoms with Crippen LogP contribution in [0.2, 0.25) is 0 Å². The molecule has 3 atom stereocenters. The van der Waals surface area contributed by atoms with Crippen LogP contribution in [0.25, 0.3) is 0 Å². The second-order valence-corrected chi connectivity index (χ2v) is 7.54. The SMILES string of the molecule is O=C(O)CCOCCOCCOCCOCCNC(=O)OCC1[C@H]2CCC#CCC[C@@H]12. The molecule has 2 N–H and O–H groups in total. The summed E-state index contributed by atoms with van der Waals surface area (Å²) in [4.78, 5) is 22.1. The van der Waals surface area contributed by atoms with Gasteiger partial charge in [-0.15, -0.1) is 11.8 Å². The van der Waals surface area contributed by atoms with Crippen LogP contribution in [0.4, 0.5) is 4.79 Å². The van der Waals surface area contributed by atoms with Crippen molar-refractivity contribution in [2.75, 3.05) is 66.0 Å². The highest BCUT2D eigenvalue weighted by Crippen LogP contribution is 2.52. The lowest BCUT2D eigenvalue weighted by molar-refractivity contribution is -0.138. The molecule has 176 valence electrons. The van der Waals surface area contributed by atoms with Gasteiger partial charge < -0.3 is 34.1 Å². The highest BCUT2D eigenvalue weighted by atomic mass is 16.6. The van der Waals surface area contributed by atoms with E-state index < -0.39 is 5.97 Å². The number of carbonyl (C=O) groups excluding carboxylic acids is 1. The molecule has 0 spiro atoms. The van der Waals surface area contributed by atoms with Crippen LogP contribution in [-0.2, 0) is 28.5 Å². The standard InChI is InChI=1S/C22H35NO8/c24-21(25)7-9-27-11-13-29-15-16-30-14-12-28-10-8-23-22(26)31-17-20-18-5-3-1-2-4-6-19(18)20/h18-20H,3-17H2,(H,23,26)(H,24,25)/t18-,19+,20?. The Balaban J connectivity index is 1.29. The van der Waals surface area contributed by atoms with Crippen molar-refractivity contribution in [3.8, 4) is 11.8 Å². The topological polar surface area (TPSA) is 113 Å². The Bertz CT molecular complexity index is 570. The molecule has 31 heavy (non-hydrogen) atoms. The Morgan fingerprint density at radius 2 is 1.32 bits per heavy atom. The van der Waals surface area contributed by atoms with E-state index in [2.05, 4.69) is 17.2 Å². The summed E-state index contributed by atoms with van der Waals surface area (Å²) < 4.78 is 26.5. The summed E-state index contributed by atoms with van der Waals surface area (Å²) in [5.74, 6) is 7.34. The van der Waals surface area contributed by atoms with Gasteiger partial charge in [0.25, 0.3) is 0 Å². The number of nitrogens with one attached hydrogen (secondary N) is 1. The predicted molar refractivity (Wildman–Crippen MR) is 112 cm³/mol. The number of fused-ring (bicyclic) bond motifs is 1. The van der Waals surface area contributed by atoms with Gasteiger partial charge in [-0.3, -0.25) is 4.79 Å². The first-order chi connectivity index (χ1) is 15.2. The van der Waals surface area contributed by atoms with Gasteiger partial charge >= 0.3 is 12.1 Å². The molecule has 9 nitrogen and oxygen atoms in total. The first-order valence-corrected chi connectivity index (χ1v) is 11.1. The fourth-order valence-electron chi connectivity index (χ4n) is 3.65. The van der Waals surface area contributed by atoms with Crippen LogP contribution >= 0.6 is 0 Å². The number of alkyl carbamates (subject to hydrolysis) is 1. The Morgan fingerprint density at radius 3 is 1.87 bits per heavy atom. The van der Waals surface area contributed by atoms with Crippen molar-refractivity contribution in [3.63, 3.8) is 0 Å². The zero-order valence-electron chi connectivity index (χ0n) is 18.1. The third kappa shape index (κ3) is 11.9. The van der Waals surface area contributed by atoms with Crippen molar-refractivity contribution in [3.05, 3.63) is 0 Å². The zero-order chi connectivity index (χ0) is 22.2. The highest BCUT2D eigenvalue weighted by Gasteiger charge is 2.49. The van der Waals surface area contributed by atoms with Crippen molar-refractivity contribution in [1.29, 1.82) is 0 Å². The molecular weight excluding hydrogens is 406 g/mol. The molecule has 0 aromatic carbocycles. The van der Waals surface area contributed by atoms with Gasteiger partial charge in [-0.25, -0.2) is 4.79 Å². The molecule has 0 radical (unpaired) electrons. The molecule has 2 aliphatic rings. The minimum Gasteiger partial charge on any atom is -0.481 e. The Kier molecular flexibility index (Phi) is 13.0. The summed E-state index contributed by atoms with van der Waals surface area (Å²) in [5.41, 5.74) is 0. The molecule has 0 aromatic rings. The average molecular weight is 442 g/mol. The Hall–Kier alpha value is -1.86. The third-order valence-corrected chi connectivity index (χ3v) is 5.34. The lowest BCUT2D eigenvalue weighted by Gasteiger charge is -2.08. The van der Waals surface area contributed by atoms with E-state index in [9.17, 15) is 9.59 Å². The molecule has 1 unspecified atom stereocenters. The fourth-order valence-corrected chi connectivity index (χ4v) is 3.65. The average Bonchev–Trinajstić information content (AvgIpc) is 3.38. The van der Waals surface area contributed by atoms with Crippen molar-refractivity contribution in [2.45, 2.75) is 32.1 Å². The van der Waals surface area contributed by atoms with Gasteiger partial charge in [0.2, 0.25) is 0 Å². The highest BCUT2D eigenvalue weighted by molar-refractivity contribution is 5.67. The first kappa shape index (κ1) is 25.4. The summed E-state index contributed by atoms with van der Waals surface area (Å²) in [6.45, 7) is 4.00. The van der Waals surface area contributed by atoms with Crippen LogP contribution < -0.4 is 5.32 Å². The number of aliphatic carboxylic acids is 1. The second kappa shape index (κ2) is 15.9. The van der Waals surface area contributed by atoms with Crippen LogP contribution in [0.3, 0.4) is 0 Å². The number of carboxylic acids is 1. The predicted octanol–water partition coefficient (Wildman–Crippen LogP) is 1.69.